The van der Waals surface area contributed by atoms with Crippen LogP contribution in [0.2, 0.25) is 0 Å². The van der Waals surface area contributed by atoms with Crippen LogP contribution in [0.25, 0.3) is 0 Å². The summed E-state index contributed by atoms with van der Waals surface area (Å²) >= 11 is 1.48. The van der Waals surface area contributed by atoms with E-state index in [0.29, 0.717) is 17.5 Å². The second kappa shape index (κ2) is 7.29. The van der Waals surface area contributed by atoms with Crippen molar-refractivity contribution in [2.24, 2.45) is 17.8 Å². The minimum absolute atomic E-state index is 0.0534. The van der Waals surface area contributed by atoms with E-state index in [2.05, 4.69) is 10.0 Å². The molecule has 25 heavy (non-hydrogen) atoms. The molecule has 0 saturated heterocycles. The Labute approximate surface area is 154 Å². The molecule has 2 saturated carbocycles. The topological polar surface area (TPSA) is 75.3 Å². The van der Waals surface area contributed by atoms with Crippen molar-refractivity contribution >= 4 is 33.4 Å². The summed E-state index contributed by atoms with van der Waals surface area (Å²) in [6, 6.07) is 5.00. The third kappa shape index (κ3) is 4.04. The summed E-state index contributed by atoms with van der Waals surface area (Å²) in [6.07, 6.45) is 6.36. The van der Waals surface area contributed by atoms with Crippen LogP contribution in [0, 0.1) is 17.8 Å². The molecule has 2 aliphatic carbocycles. The van der Waals surface area contributed by atoms with E-state index in [4.69, 9.17) is 0 Å². The number of hydrogen-bond acceptors (Lipinski definition) is 4. The van der Waals surface area contributed by atoms with Gasteiger partial charge in [-0.2, -0.15) is 0 Å². The van der Waals surface area contributed by atoms with Crippen LogP contribution >= 0.6 is 11.8 Å². The van der Waals surface area contributed by atoms with Crippen LogP contribution in [-0.4, -0.2) is 26.6 Å². The van der Waals surface area contributed by atoms with Gasteiger partial charge in [0.25, 0.3) is 0 Å². The molecular weight excluding hydrogens is 356 g/mol. The Morgan fingerprint density at radius 3 is 2.56 bits per heavy atom. The van der Waals surface area contributed by atoms with E-state index in [9.17, 15) is 13.2 Å². The van der Waals surface area contributed by atoms with Crippen LogP contribution in [0.15, 0.2) is 28.0 Å². The zero-order chi connectivity index (χ0) is 18.2. The van der Waals surface area contributed by atoms with Gasteiger partial charge in [-0.15, -0.1) is 11.8 Å². The number of sulfonamides is 1. The number of nitrogens with one attached hydrogen (secondary N) is 2. The van der Waals surface area contributed by atoms with Crippen molar-refractivity contribution in [1.29, 1.82) is 0 Å². The molecular formula is C18H26N2O3S2. The van der Waals surface area contributed by atoms with Crippen molar-refractivity contribution in [2.45, 2.75) is 55.4 Å². The summed E-state index contributed by atoms with van der Waals surface area (Å²) < 4.78 is 28.5. The first-order chi connectivity index (χ1) is 11.8. The molecule has 138 valence electrons. The lowest BCUT2D eigenvalue weighted by atomic mass is 9.96. The van der Waals surface area contributed by atoms with Crippen LogP contribution in [-0.2, 0) is 14.8 Å². The molecule has 3 rings (SSSR count). The van der Waals surface area contributed by atoms with Crippen LogP contribution < -0.4 is 10.0 Å². The highest BCUT2D eigenvalue weighted by molar-refractivity contribution is 7.98. The summed E-state index contributed by atoms with van der Waals surface area (Å²) in [7, 11) is -3.58. The van der Waals surface area contributed by atoms with Gasteiger partial charge in [0.15, 0.2) is 0 Å². The van der Waals surface area contributed by atoms with Crippen LogP contribution in [0.5, 0.6) is 0 Å². The van der Waals surface area contributed by atoms with E-state index in [1.54, 1.807) is 18.2 Å². The average Bonchev–Trinajstić information content (AvgIpc) is 3.17. The molecule has 1 aromatic rings. The molecule has 0 spiro atoms. The standard InChI is InChI=1S/C18H26N2O3S2/c1-11(2)18(21)19-16-10-14(6-7-17(16)24-3)25(22,23)20-15-9-12-4-5-13(15)8-12/h6-7,10-13,15,20H,4-5,8-9H2,1-3H3,(H,19,21)/t12-,13-,15-/m1/s1. The van der Waals surface area contributed by atoms with Crippen molar-refractivity contribution in [3.05, 3.63) is 18.2 Å². The Morgan fingerprint density at radius 1 is 1.24 bits per heavy atom. The second-order valence-electron chi connectivity index (χ2n) is 7.41. The number of anilines is 1. The monoisotopic (exact) mass is 382 g/mol. The molecule has 0 aromatic heterocycles. The Balaban J connectivity index is 1.82. The van der Waals surface area contributed by atoms with E-state index in [1.165, 1.54) is 18.2 Å². The first-order valence-electron chi connectivity index (χ1n) is 8.81. The Hall–Kier alpha value is -1.05. The smallest absolute Gasteiger partial charge is 0.240 e. The molecule has 0 aliphatic heterocycles. The van der Waals surface area contributed by atoms with Gasteiger partial charge in [-0.1, -0.05) is 20.3 Å². The van der Waals surface area contributed by atoms with Gasteiger partial charge in [0, 0.05) is 16.9 Å². The van der Waals surface area contributed by atoms with E-state index >= 15 is 0 Å². The zero-order valence-corrected chi connectivity index (χ0v) is 16.5. The highest BCUT2D eigenvalue weighted by Gasteiger charge is 2.41. The van der Waals surface area contributed by atoms with Gasteiger partial charge in [0.1, 0.15) is 0 Å². The molecule has 1 amide bonds. The van der Waals surface area contributed by atoms with Gasteiger partial charge >= 0.3 is 0 Å². The lowest BCUT2D eigenvalue weighted by Crippen LogP contribution is -2.38. The maximum atomic E-state index is 12.8. The molecule has 3 atom stereocenters. The molecule has 2 fully saturated rings. The normalized spacial score (nSPS) is 25.5. The zero-order valence-electron chi connectivity index (χ0n) is 14.9. The number of fused-ring (bicyclic) bond motifs is 2. The number of benzene rings is 1. The lowest BCUT2D eigenvalue weighted by molar-refractivity contribution is -0.118. The first kappa shape index (κ1) is 18.7. The molecule has 2 bridgehead atoms. The molecule has 5 nitrogen and oxygen atoms in total. The summed E-state index contributed by atoms with van der Waals surface area (Å²) in [5.74, 6) is 0.871. The first-order valence-corrected chi connectivity index (χ1v) is 11.5. The van der Waals surface area contributed by atoms with E-state index in [1.807, 2.05) is 20.1 Å². The maximum Gasteiger partial charge on any atom is 0.240 e. The number of amides is 1. The lowest BCUT2D eigenvalue weighted by Gasteiger charge is -2.23. The maximum absolute atomic E-state index is 12.8. The fraction of sp³-hybridized carbons (Fsp3) is 0.611. The predicted molar refractivity (Wildman–Crippen MR) is 101 cm³/mol. The molecule has 0 heterocycles. The quantitative estimate of drug-likeness (QED) is 0.739. The van der Waals surface area contributed by atoms with Crippen molar-refractivity contribution in [3.63, 3.8) is 0 Å². The second-order valence-corrected chi connectivity index (χ2v) is 9.97. The molecule has 2 aliphatic rings. The van der Waals surface area contributed by atoms with Gasteiger partial charge in [-0.3, -0.25) is 4.79 Å². The van der Waals surface area contributed by atoms with E-state index in [-0.39, 0.29) is 22.8 Å². The molecule has 1 aromatic carbocycles. The molecule has 7 heteroatoms. The van der Waals surface area contributed by atoms with Crippen molar-refractivity contribution in [3.8, 4) is 0 Å². The van der Waals surface area contributed by atoms with Gasteiger partial charge in [-0.25, -0.2) is 13.1 Å². The fourth-order valence-corrected chi connectivity index (χ4v) is 5.76. The highest BCUT2D eigenvalue weighted by Crippen LogP contribution is 2.45. The summed E-state index contributed by atoms with van der Waals surface area (Å²) in [5, 5.41) is 2.84. The third-order valence-electron chi connectivity index (χ3n) is 5.31. The predicted octanol–water partition coefficient (Wildman–Crippen LogP) is 3.47. The number of rotatable bonds is 6. The van der Waals surface area contributed by atoms with Crippen molar-refractivity contribution < 1.29 is 13.2 Å². The van der Waals surface area contributed by atoms with Crippen LogP contribution in [0.3, 0.4) is 0 Å². The van der Waals surface area contributed by atoms with Gasteiger partial charge in [0.2, 0.25) is 15.9 Å². The molecule has 0 radical (unpaired) electrons. The number of carbonyl (C=O) groups is 1. The molecule has 2 N–H and O–H groups in total. The van der Waals surface area contributed by atoms with Crippen molar-refractivity contribution in [1.82, 2.24) is 4.72 Å². The molecule has 0 unspecified atom stereocenters. The summed E-state index contributed by atoms with van der Waals surface area (Å²) in [5.41, 5.74) is 0.557. The fourth-order valence-electron chi connectivity index (χ4n) is 3.89. The third-order valence-corrected chi connectivity index (χ3v) is 7.59. The van der Waals surface area contributed by atoms with Gasteiger partial charge in [-0.05, 0) is 55.6 Å². The number of thioether (sulfide) groups is 1. The van der Waals surface area contributed by atoms with Crippen molar-refractivity contribution in [2.75, 3.05) is 11.6 Å². The Morgan fingerprint density at radius 2 is 2.00 bits per heavy atom. The van der Waals surface area contributed by atoms with Gasteiger partial charge in [0.05, 0.1) is 10.6 Å². The summed E-state index contributed by atoms with van der Waals surface area (Å²) in [4.78, 5) is 13.1. The largest absolute Gasteiger partial charge is 0.325 e. The number of hydrogen-bond donors (Lipinski definition) is 2. The Bertz CT molecular complexity index is 762. The van der Waals surface area contributed by atoms with E-state index in [0.717, 1.165) is 24.2 Å². The highest BCUT2D eigenvalue weighted by atomic mass is 32.2. The van der Waals surface area contributed by atoms with Crippen LogP contribution in [0.1, 0.15) is 39.5 Å². The average molecular weight is 383 g/mol. The number of carbonyl (C=O) groups excluding carboxylic acids is 1. The van der Waals surface area contributed by atoms with Crippen LogP contribution in [0.4, 0.5) is 5.69 Å². The summed E-state index contributed by atoms with van der Waals surface area (Å²) in [6.45, 7) is 3.62. The SMILES string of the molecule is CSc1ccc(S(=O)(=O)N[C@@H]2C[C@@H]3CC[C@@H]2C3)cc1NC(=O)C(C)C. The minimum atomic E-state index is -3.58. The minimum Gasteiger partial charge on any atom is -0.325 e. The van der Waals surface area contributed by atoms with Gasteiger partial charge < -0.3 is 5.32 Å². The Kier molecular flexibility index (Phi) is 5.46. The van der Waals surface area contributed by atoms with E-state index < -0.39 is 10.0 Å².